The molecule has 3 heterocycles. The zero-order chi connectivity index (χ0) is 17.9. The molecule has 0 bridgehead atoms. The Balaban J connectivity index is 0.00000210. The Hall–Kier alpha value is -2.17. The van der Waals surface area contributed by atoms with Crippen molar-refractivity contribution >= 4 is 23.3 Å². The van der Waals surface area contributed by atoms with Crippen LogP contribution >= 0.6 is 12.4 Å². The quantitative estimate of drug-likeness (QED) is 0.651. The fraction of sp³-hybridized carbons (Fsp3) is 0.364. The van der Waals surface area contributed by atoms with Gasteiger partial charge >= 0.3 is 0 Å². The Labute approximate surface area is 167 Å². The Morgan fingerprint density at radius 2 is 1.93 bits per heavy atom. The number of pyridine rings is 2. The molecule has 2 aromatic heterocycles. The van der Waals surface area contributed by atoms with Crippen LogP contribution in [0.15, 0.2) is 48.8 Å². The van der Waals surface area contributed by atoms with Crippen LogP contribution in [0.3, 0.4) is 0 Å². The van der Waals surface area contributed by atoms with Crippen LogP contribution in [-0.4, -0.2) is 35.1 Å². The van der Waals surface area contributed by atoms with Crippen molar-refractivity contribution in [3.63, 3.8) is 0 Å². The molecule has 0 radical (unpaired) electrons. The summed E-state index contributed by atoms with van der Waals surface area (Å²) in [5.74, 6) is 1.51. The van der Waals surface area contributed by atoms with E-state index in [9.17, 15) is 0 Å². The van der Waals surface area contributed by atoms with Gasteiger partial charge in [-0.25, -0.2) is 0 Å². The average Bonchev–Trinajstić information content (AvgIpc) is 2.68. The monoisotopic (exact) mass is 383 g/mol. The van der Waals surface area contributed by atoms with Gasteiger partial charge in [0.25, 0.3) is 0 Å². The van der Waals surface area contributed by atoms with E-state index in [1.807, 2.05) is 18.5 Å². The molecule has 5 heteroatoms. The number of aryl methyl sites for hydroxylation is 1. The van der Waals surface area contributed by atoms with Gasteiger partial charge in [0.15, 0.2) is 0 Å². The number of benzene rings is 1. The molecule has 0 atom stereocenters. The van der Waals surface area contributed by atoms with Gasteiger partial charge in [-0.3, -0.25) is 14.9 Å². The van der Waals surface area contributed by atoms with E-state index >= 15 is 0 Å². The highest BCUT2D eigenvalue weighted by atomic mass is 35.5. The molecule has 0 unspecified atom stereocenters. The zero-order valence-electron chi connectivity index (χ0n) is 15.9. The van der Waals surface area contributed by atoms with E-state index in [1.54, 1.807) is 7.11 Å². The molecule has 1 fully saturated rings. The molecule has 27 heavy (non-hydrogen) atoms. The van der Waals surface area contributed by atoms with Gasteiger partial charge in [-0.15, -0.1) is 12.4 Å². The third-order valence-corrected chi connectivity index (χ3v) is 5.34. The van der Waals surface area contributed by atoms with Crippen LogP contribution in [0.25, 0.3) is 10.9 Å². The van der Waals surface area contributed by atoms with Crippen molar-refractivity contribution in [2.75, 3.05) is 20.2 Å². The highest BCUT2D eigenvalue weighted by Crippen LogP contribution is 2.30. The molecule has 1 aromatic carbocycles. The standard InChI is InChI=1S/C22H25N3O.ClH/c1-16-5-6-22(26-2)19(12-16)15-25-10-7-17(8-11-25)20-13-21-18(14-24-20)4-3-9-23-21;/h3-6,9,12-14,17H,7-8,10-11,15H2,1-2H3;1H. The topological polar surface area (TPSA) is 38.2 Å². The lowest BCUT2D eigenvalue weighted by atomic mass is 9.92. The van der Waals surface area contributed by atoms with E-state index < -0.39 is 0 Å². The minimum absolute atomic E-state index is 0. The molecular formula is C22H26ClN3O. The number of rotatable bonds is 4. The molecule has 142 valence electrons. The van der Waals surface area contributed by atoms with Gasteiger partial charge in [0.05, 0.1) is 12.6 Å². The van der Waals surface area contributed by atoms with E-state index in [4.69, 9.17) is 9.72 Å². The Kier molecular flexibility index (Phi) is 6.30. The molecule has 4 nitrogen and oxygen atoms in total. The molecule has 1 aliphatic rings. The second-order valence-corrected chi connectivity index (χ2v) is 7.17. The maximum absolute atomic E-state index is 5.53. The molecule has 0 aliphatic carbocycles. The number of ether oxygens (including phenoxy) is 1. The molecule has 1 saturated heterocycles. The summed E-state index contributed by atoms with van der Waals surface area (Å²) in [5.41, 5.74) is 4.79. The van der Waals surface area contributed by atoms with Gasteiger partial charge in [-0.1, -0.05) is 17.7 Å². The summed E-state index contributed by atoms with van der Waals surface area (Å²) in [6.45, 7) is 5.26. The minimum Gasteiger partial charge on any atom is -0.496 e. The molecule has 4 rings (SSSR count). The molecule has 3 aromatic rings. The third kappa shape index (κ3) is 4.40. The Morgan fingerprint density at radius 1 is 1.11 bits per heavy atom. The largest absolute Gasteiger partial charge is 0.496 e. The van der Waals surface area contributed by atoms with Crippen molar-refractivity contribution < 1.29 is 4.74 Å². The van der Waals surface area contributed by atoms with E-state index in [1.165, 1.54) is 16.8 Å². The lowest BCUT2D eigenvalue weighted by Crippen LogP contribution is -2.32. The lowest BCUT2D eigenvalue weighted by molar-refractivity contribution is 0.201. The summed E-state index contributed by atoms with van der Waals surface area (Å²) in [4.78, 5) is 11.7. The number of likely N-dealkylation sites (tertiary alicyclic amines) is 1. The first-order valence-electron chi connectivity index (χ1n) is 9.29. The van der Waals surface area contributed by atoms with Gasteiger partial charge in [0.2, 0.25) is 0 Å². The van der Waals surface area contributed by atoms with Gasteiger partial charge < -0.3 is 4.74 Å². The lowest BCUT2D eigenvalue weighted by Gasteiger charge is -2.32. The fourth-order valence-electron chi connectivity index (χ4n) is 3.86. The Morgan fingerprint density at radius 3 is 2.70 bits per heavy atom. The highest BCUT2D eigenvalue weighted by molar-refractivity contribution is 5.85. The zero-order valence-corrected chi connectivity index (χ0v) is 16.7. The number of aromatic nitrogens is 2. The summed E-state index contributed by atoms with van der Waals surface area (Å²) >= 11 is 0. The first-order chi connectivity index (χ1) is 12.7. The average molecular weight is 384 g/mol. The number of hydrogen-bond donors (Lipinski definition) is 0. The maximum atomic E-state index is 5.53. The molecule has 0 N–H and O–H groups in total. The third-order valence-electron chi connectivity index (χ3n) is 5.34. The summed E-state index contributed by atoms with van der Waals surface area (Å²) < 4.78 is 5.53. The predicted molar refractivity (Wildman–Crippen MR) is 112 cm³/mol. The predicted octanol–water partition coefficient (Wildman–Crippen LogP) is 4.75. The van der Waals surface area contributed by atoms with Crippen molar-refractivity contribution in [3.8, 4) is 5.75 Å². The van der Waals surface area contributed by atoms with Crippen LogP contribution in [0.4, 0.5) is 0 Å². The summed E-state index contributed by atoms with van der Waals surface area (Å²) in [6.07, 6.45) is 6.09. The molecule has 0 spiro atoms. The first-order valence-corrected chi connectivity index (χ1v) is 9.29. The SMILES string of the molecule is COc1ccc(C)cc1CN1CCC(c2cc3ncccc3cn2)CC1.Cl. The fourth-order valence-corrected chi connectivity index (χ4v) is 3.86. The van der Waals surface area contributed by atoms with Crippen molar-refractivity contribution in [3.05, 3.63) is 65.6 Å². The highest BCUT2D eigenvalue weighted by Gasteiger charge is 2.22. The van der Waals surface area contributed by atoms with Gasteiger partial charge in [-0.05, 0) is 57.1 Å². The number of hydrogen-bond acceptors (Lipinski definition) is 4. The van der Waals surface area contributed by atoms with E-state index in [-0.39, 0.29) is 12.4 Å². The van der Waals surface area contributed by atoms with Gasteiger partial charge in [0, 0.05) is 41.5 Å². The van der Waals surface area contributed by atoms with Crippen LogP contribution in [0, 0.1) is 6.92 Å². The summed E-state index contributed by atoms with van der Waals surface area (Å²) in [6, 6.07) is 12.6. The first kappa shape index (κ1) is 19.6. The molecule has 0 amide bonds. The van der Waals surface area contributed by atoms with Crippen molar-refractivity contribution in [2.24, 2.45) is 0 Å². The number of piperidine rings is 1. The number of halogens is 1. The van der Waals surface area contributed by atoms with Crippen LogP contribution in [0.5, 0.6) is 5.75 Å². The molecule has 1 aliphatic heterocycles. The van der Waals surface area contributed by atoms with E-state index in [0.717, 1.165) is 49.1 Å². The molecule has 0 saturated carbocycles. The number of fused-ring (bicyclic) bond motifs is 1. The van der Waals surface area contributed by atoms with Crippen molar-refractivity contribution in [1.82, 2.24) is 14.9 Å². The van der Waals surface area contributed by atoms with Gasteiger partial charge in [0.1, 0.15) is 5.75 Å². The van der Waals surface area contributed by atoms with Crippen LogP contribution in [-0.2, 0) is 6.54 Å². The summed E-state index contributed by atoms with van der Waals surface area (Å²) in [7, 11) is 1.75. The maximum Gasteiger partial charge on any atom is 0.123 e. The van der Waals surface area contributed by atoms with Gasteiger partial charge in [-0.2, -0.15) is 0 Å². The van der Waals surface area contributed by atoms with Crippen LogP contribution < -0.4 is 4.74 Å². The Bertz CT molecular complexity index is 907. The van der Waals surface area contributed by atoms with Crippen LogP contribution in [0.2, 0.25) is 0 Å². The number of nitrogens with zero attached hydrogens (tertiary/aromatic N) is 3. The van der Waals surface area contributed by atoms with E-state index in [0.29, 0.717) is 5.92 Å². The number of methoxy groups -OCH3 is 1. The van der Waals surface area contributed by atoms with Crippen molar-refractivity contribution in [2.45, 2.75) is 32.2 Å². The summed E-state index contributed by atoms with van der Waals surface area (Å²) in [5, 5.41) is 1.11. The normalized spacial score (nSPS) is 15.5. The minimum atomic E-state index is 0. The second kappa shape index (κ2) is 8.68. The van der Waals surface area contributed by atoms with E-state index in [2.05, 4.69) is 47.1 Å². The molecular weight excluding hydrogens is 358 g/mol. The second-order valence-electron chi connectivity index (χ2n) is 7.17. The smallest absolute Gasteiger partial charge is 0.123 e. The van der Waals surface area contributed by atoms with Crippen LogP contribution in [0.1, 0.15) is 35.6 Å². The van der Waals surface area contributed by atoms with Crippen molar-refractivity contribution in [1.29, 1.82) is 0 Å².